The number of nitrogens with one attached hydrogen (secondary N) is 1. The van der Waals surface area contributed by atoms with E-state index < -0.39 is 0 Å². The van der Waals surface area contributed by atoms with Crippen LogP contribution in [-0.4, -0.2) is 31.0 Å². The Hall–Kier alpha value is -0.390. The molecule has 1 aromatic rings. The molecule has 0 saturated heterocycles. The summed E-state index contributed by atoms with van der Waals surface area (Å²) in [6.07, 6.45) is 5.65. The summed E-state index contributed by atoms with van der Waals surface area (Å²) < 4.78 is 5.14. The standard InChI is InChI=1S/C14H20BrNO2S/c1-18-9-11(6-7-15)16-14(17)13-8-10-4-2-3-5-12(10)19-13/h8,11H,2-7,9H2,1H3,(H,16,17). The van der Waals surface area contributed by atoms with Crippen LogP contribution in [0.1, 0.15) is 39.4 Å². The molecule has 1 amide bonds. The van der Waals surface area contributed by atoms with Gasteiger partial charge in [-0.1, -0.05) is 15.9 Å². The van der Waals surface area contributed by atoms with Gasteiger partial charge in [-0.05, 0) is 43.7 Å². The van der Waals surface area contributed by atoms with Crippen LogP contribution >= 0.6 is 27.3 Å². The van der Waals surface area contributed by atoms with Gasteiger partial charge in [0.1, 0.15) is 0 Å². The summed E-state index contributed by atoms with van der Waals surface area (Å²) in [5.41, 5.74) is 1.38. The number of alkyl halides is 1. The molecule has 1 heterocycles. The molecular weight excluding hydrogens is 326 g/mol. The number of fused-ring (bicyclic) bond motifs is 1. The SMILES string of the molecule is COCC(CCBr)NC(=O)c1cc2c(s1)CCCC2. The number of hydrogen-bond donors (Lipinski definition) is 1. The first-order chi connectivity index (χ1) is 9.24. The third kappa shape index (κ3) is 4.04. The molecule has 0 bridgehead atoms. The molecule has 106 valence electrons. The summed E-state index contributed by atoms with van der Waals surface area (Å²) in [4.78, 5) is 14.5. The van der Waals surface area contributed by atoms with Gasteiger partial charge in [0, 0.05) is 17.3 Å². The van der Waals surface area contributed by atoms with Gasteiger partial charge in [0.25, 0.3) is 5.91 Å². The lowest BCUT2D eigenvalue weighted by Gasteiger charge is -2.16. The van der Waals surface area contributed by atoms with Crippen LogP contribution in [0.5, 0.6) is 0 Å². The van der Waals surface area contributed by atoms with Crippen LogP contribution in [0.2, 0.25) is 0 Å². The van der Waals surface area contributed by atoms with E-state index in [2.05, 4.69) is 27.3 Å². The van der Waals surface area contributed by atoms with Crippen molar-refractivity contribution in [2.24, 2.45) is 0 Å². The molecule has 1 N–H and O–H groups in total. The summed E-state index contributed by atoms with van der Waals surface area (Å²) in [5.74, 6) is 0.0439. The number of carbonyl (C=O) groups is 1. The zero-order chi connectivity index (χ0) is 13.7. The van der Waals surface area contributed by atoms with Crippen LogP contribution in [0.25, 0.3) is 0 Å². The summed E-state index contributed by atoms with van der Waals surface area (Å²) in [6, 6.07) is 2.16. The number of hydrogen-bond acceptors (Lipinski definition) is 3. The molecule has 19 heavy (non-hydrogen) atoms. The fraction of sp³-hybridized carbons (Fsp3) is 0.643. The van der Waals surface area contributed by atoms with Crippen LogP contribution in [0, 0.1) is 0 Å². The Balaban J connectivity index is 2.00. The highest BCUT2D eigenvalue weighted by molar-refractivity contribution is 9.09. The molecule has 1 aromatic heterocycles. The average molecular weight is 346 g/mol. The smallest absolute Gasteiger partial charge is 0.261 e. The number of carbonyl (C=O) groups excluding carboxylic acids is 1. The van der Waals surface area contributed by atoms with Gasteiger partial charge in [0.05, 0.1) is 17.5 Å². The first-order valence-electron chi connectivity index (χ1n) is 6.72. The number of ether oxygens (including phenoxy) is 1. The van der Waals surface area contributed by atoms with Gasteiger partial charge in [0.2, 0.25) is 0 Å². The molecule has 5 heteroatoms. The van der Waals surface area contributed by atoms with Gasteiger partial charge in [-0.25, -0.2) is 0 Å². The van der Waals surface area contributed by atoms with E-state index in [1.54, 1.807) is 18.4 Å². The lowest BCUT2D eigenvalue weighted by atomic mass is 9.99. The first-order valence-corrected chi connectivity index (χ1v) is 8.65. The van der Waals surface area contributed by atoms with Crippen molar-refractivity contribution < 1.29 is 9.53 Å². The lowest BCUT2D eigenvalue weighted by molar-refractivity contribution is 0.0899. The Morgan fingerprint density at radius 2 is 2.32 bits per heavy atom. The second-order valence-electron chi connectivity index (χ2n) is 4.87. The lowest BCUT2D eigenvalue weighted by Crippen LogP contribution is -2.38. The summed E-state index contributed by atoms with van der Waals surface area (Å²) in [7, 11) is 1.66. The third-order valence-electron chi connectivity index (χ3n) is 3.38. The molecule has 1 aliphatic rings. The fourth-order valence-corrected chi connectivity index (χ4v) is 4.10. The monoisotopic (exact) mass is 345 g/mol. The number of aryl methyl sites for hydroxylation is 2. The van der Waals surface area contributed by atoms with E-state index in [1.807, 2.05) is 0 Å². The van der Waals surface area contributed by atoms with Crippen LogP contribution < -0.4 is 5.32 Å². The van der Waals surface area contributed by atoms with E-state index >= 15 is 0 Å². The minimum absolute atomic E-state index is 0.0439. The summed E-state index contributed by atoms with van der Waals surface area (Å²) >= 11 is 5.07. The maximum atomic E-state index is 12.3. The van der Waals surface area contributed by atoms with Crippen LogP contribution in [0.4, 0.5) is 0 Å². The van der Waals surface area contributed by atoms with Gasteiger partial charge in [-0.15, -0.1) is 11.3 Å². The van der Waals surface area contributed by atoms with Gasteiger partial charge >= 0.3 is 0 Å². The highest BCUT2D eigenvalue weighted by atomic mass is 79.9. The van der Waals surface area contributed by atoms with Crippen LogP contribution in [0.15, 0.2) is 6.07 Å². The Morgan fingerprint density at radius 1 is 1.53 bits per heavy atom. The van der Waals surface area contributed by atoms with E-state index in [4.69, 9.17) is 4.74 Å². The maximum absolute atomic E-state index is 12.3. The molecule has 0 radical (unpaired) electrons. The normalized spacial score (nSPS) is 15.9. The van der Waals surface area contributed by atoms with E-state index in [1.165, 1.54) is 23.3 Å². The van der Waals surface area contributed by atoms with Crippen molar-refractivity contribution >= 4 is 33.2 Å². The molecule has 1 aliphatic carbocycles. The summed E-state index contributed by atoms with van der Waals surface area (Å²) in [5, 5.41) is 3.92. The molecule has 1 atom stereocenters. The largest absolute Gasteiger partial charge is 0.383 e. The number of rotatable bonds is 6. The van der Waals surface area contributed by atoms with Crippen molar-refractivity contribution in [1.29, 1.82) is 0 Å². The molecule has 0 aliphatic heterocycles. The number of halogens is 1. The number of amides is 1. The van der Waals surface area contributed by atoms with Gasteiger partial charge in [0.15, 0.2) is 0 Å². The average Bonchev–Trinajstić information content (AvgIpc) is 2.83. The Morgan fingerprint density at radius 3 is 3.00 bits per heavy atom. The molecule has 0 saturated carbocycles. The van der Waals surface area contributed by atoms with E-state index in [0.717, 1.165) is 29.5 Å². The second-order valence-corrected chi connectivity index (χ2v) is 6.80. The maximum Gasteiger partial charge on any atom is 0.261 e. The van der Waals surface area contributed by atoms with E-state index in [9.17, 15) is 4.79 Å². The van der Waals surface area contributed by atoms with Crippen molar-refractivity contribution in [2.75, 3.05) is 19.0 Å². The predicted octanol–water partition coefficient (Wildman–Crippen LogP) is 3.16. The van der Waals surface area contributed by atoms with Crippen LogP contribution in [-0.2, 0) is 17.6 Å². The number of methoxy groups -OCH3 is 1. The highest BCUT2D eigenvalue weighted by Gasteiger charge is 2.19. The summed E-state index contributed by atoms with van der Waals surface area (Å²) in [6.45, 7) is 0.558. The Bertz CT molecular complexity index is 404. The van der Waals surface area contributed by atoms with Gasteiger partial charge < -0.3 is 10.1 Å². The molecular formula is C14H20BrNO2S. The van der Waals surface area contributed by atoms with Crippen molar-refractivity contribution in [3.05, 3.63) is 21.4 Å². The predicted molar refractivity (Wildman–Crippen MR) is 82.5 cm³/mol. The first kappa shape index (κ1) is 15.0. The minimum Gasteiger partial charge on any atom is -0.383 e. The van der Waals surface area contributed by atoms with Crippen LogP contribution in [0.3, 0.4) is 0 Å². The molecule has 0 fully saturated rings. The zero-order valence-corrected chi connectivity index (χ0v) is 13.6. The quantitative estimate of drug-likeness (QED) is 0.804. The van der Waals surface area contributed by atoms with Gasteiger partial charge in [-0.3, -0.25) is 4.79 Å². The van der Waals surface area contributed by atoms with Crippen molar-refractivity contribution in [3.63, 3.8) is 0 Å². The molecule has 2 rings (SSSR count). The number of thiophene rings is 1. The molecule has 0 spiro atoms. The minimum atomic E-state index is 0.0439. The topological polar surface area (TPSA) is 38.3 Å². The molecule has 1 unspecified atom stereocenters. The van der Waals surface area contributed by atoms with Gasteiger partial charge in [-0.2, -0.15) is 0 Å². The second kappa shape index (κ2) is 7.41. The van der Waals surface area contributed by atoms with E-state index in [0.29, 0.717) is 6.61 Å². The molecule has 3 nitrogen and oxygen atoms in total. The fourth-order valence-electron chi connectivity index (χ4n) is 2.39. The molecule has 0 aromatic carbocycles. The van der Waals surface area contributed by atoms with Crippen molar-refractivity contribution in [2.45, 2.75) is 38.1 Å². The highest BCUT2D eigenvalue weighted by Crippen LogP contribution is 2.29. The van der Waals surface area contributed by atoms with Crippen molar-refractivity contribution in [3.8, 4) is 0 Å². The zero-order valence-electron chi connectivity index (χ0n) is 11.2. The van der Waals surface area contributed by atoms with Crippen molar-refractivity contribution in [1.82, 2.24) is 5.32 Å². The Labute approximate surface area is 126 Å². The third-order valence-corrected chi connectivity index (χ3v) is 5.07. The van der Waals surface area contributed by atoms with E-state index in [-0.39, 0.29) is 11.9 Å². The Kier molecular flexibility index (Phi) is 5.85.